The molecule has 0 unspecified atom stereocenters. The second-order valence-electron chi connectivity index (χ2n) is 10.8. The molecule has 0 aliphatic rings. The molecular weight excluding hydrogens is 850 g/mol. The molecule has 0 atom stereocenters. The highest BCUT2D eigenvalue weighted by Crippen LogP contribution is 2.26. The third-order valence-electron chi connectivity index (χ3n) is 7.02. The standard InChI is InChI=1S/C39H34I2O8/c1-27-26-36(48-38(42)28-4-12-32(13-5-28)44-22-2-24-46-34-16-8-30(40)9-17-34)20-21-37(27)49-39(43)29-6-14-33(15-7-29)45-23-3-25-47-35-18-10-31(41)11-19-35/h4-21,26H,2-3,22-25H2,1H3. The summed E-state index contributed by atoms with van der Waals surface area (Å²) < 4.78 is 36.5. The van der Waals surface area contributed by atoms with Crippen LogP contribution >= 0.6 is 45.2 Å². The maximum absolute atomic E-state index is 12.8. The van der Waals surface area contributed by atoms with E-state index < -0.39 is 11.9 Å². The van der Waals surface area contributed by atoms with Crippen LogP contribution < -0.4 is 28.4 Å². The molecule has 0 radical (unpaired) electrons. The van der Waals surface area contributed by atoms with Crippen LogP contribution in [0.25, 0.3) is 0 Å². The van der Waals surface area contributed by atoms with Crippen LogP contribution in [0.5, 0.6) is 34.5 Å². The monoisotopic (exact) mass is 884 g/mol. The van der Waals surface area contributed by atoms with Gasteiger partial charge in [0.25, 0.3) is 0 Å². The molecule has 0 spiro atoms. The van der Waals surface area contributed by atoms with Crippen molar-refractivity contribution < 1.29 is 38.0 Å². The summed E-state index contributed by atoms with van der Waals surface area (Å²) in [6.45, 7) is 3.82. The van der Waals surface area contributed by atoms with Crippen molar-refractivity contribution in [3.05, 3.63) is 139 Å². The third kappa shape index (κ3) is 11.7. The Morgan fingerprint density at radius 3 is 1.20 bits per heavy atom. The highest BCUT2D eigenvalue weighted by atomic mass is 127. The lowest BCUT2D eigenvalue weighted by molar-refractivity contribution is 0.0718. The Bertz CT molecular complexity index is 1810. The van der Waals surface area contributed by atoms with Gasteiger partial charge in [0.05, 0.1) is 37.6 Å². The van der Waals surface area contributed by atoms with Gasteiger partial charge in [0.2, 0.25) is 0 Å². The number of esters is 2. The van der Waals surface area contributed by atoms with Gasteiger partial charge in [-0.1, -0.05) is 0 Å². The molecule has 0 amide bonds. The molecule has 49 heavy (non-hydrogen) atoms. The summed E-state index contributed by atoms with van der Waals surface area (Å²) in [6.07, 6.45) is 1.43. The average molecular weight is 885 g/mol. The second kappa shape index (κ2) is 18.5. The van der Waals surface area contributed by atoms with Gasteiger partial charge in [-0.2, -0.15) is 0 Å². The summed E-state index contributed by atoms with van der Waals surface area (Å²) >= 11 is 4.51. The molecule has 0 fully saturated rings. The van der Waals surface area contributed by atoms with Crippen LogP contribution in [0.1, 0.15) is 39.1 Å². The van der Waals surface area contributed by atoms with Crippen LogP contribution in [-0.4, -0.2) is 38.4 Å². The molecule has 10 heteroatoms. The lowest BCUT2D eigenvalue weighted by atomic mass is 10.2. The van der Waals surface area contributed by atoms with Gasteiger partial charge in [0.15, 0.2) is 0 Å². The van der Waals surface area contributed by atoms with E-state index >= 15 is 0 Å². The minimum Gasteiger partial charge on any atom is -0.493 e. The summed E-state index contributed by atoms with van der Waals surface area (Å²) in [5, 5.41) is 0. The summed E-state index contributed by atoms with van der Waals surface area (Å²) in [6, 6.07) is 34.1. The number of hydrogen-bond acceptors (Lipinski definition) is 8. The Balaban J connectivity index is 1.01. The first-order valence-corrected chi connectivity index (χ1v) is 17.8. The van der Waals surface area contributed by atoms with Crippen LogP contribution in [0.3, 0.4) is 0 Å². The second-order valence-corrected chi connectivity index (χ2v) is 13.3. The van der Waals surface area contributed by atoms with E-state index in [1.807, 2.05) is 48.5 Å². The SMILES string of the molecule is Cc1cc(OC(=O)c2ccc(OCCCOc3ccc(I)cc3)cc2)ccc1OC(=O)c1ccc(OCCCOc2ccc(I)cc2)cc1. The number of aryl methyl sites for hydroxylation is 1. The molecule has 0 aromatic heterocycles. The molecule has 0 N–H and O–H groups in total. The number of carbonyl (C=O) groups excluding carboxylic acids is 2. The number of carbonyl (C=O) groups is 2. The molecular formula is C39H34I2O8. The predicted octanol–water partition coefficient (Wildman–Crippen LogP) is 9.34. The Kier molecular flexibility index (Phi) is 13.6. The first-order valence-electron chi connectivity index (χ1n) is 15.6. The Labute approximate surface area is 312 Å². The maximum Gasteiger partial charge on any atom is 0.343 e. The zero-order chi connectivity index (χ0) is 34.4. The molecule has 0 aliphatic heterocycles. The van der Waals surface area contributed by atoms with Crippen LogP contribution in [0, 0.1) is 14.1 Å². The van der Waals surface area contributed by atoms with Gasteiger partial charge in [0.1, 0.15) is 34.5 Å². The highest BCUT2D eigenvalue weighted by molar-refractivity contribution is 14.1. The lowest BCUT2D eigenvalue weighted by Crippen LogP contribution is -2.11. The fourth-order valence-electron chi connectivity index (χ4n) is 4.44. The van der Waals surface area contributed by atoms with Crippen molar-refractivity contribution in [2.24, 2.45) is 0 Å². The van der Waals surface area contributed by atoms with Gasteiger partial charge in [0, 0.05) is 20.0 Å². The van der Waals surface area contributed by atoms with Crippen molar-refractivity contribution in [3.8, 4) is 34.5 Å². The molecule has 5 aromatic carbocycles. The predicted molar refractivity (Wildman–Crippen MR) is 204 cm³/mol. The van der Waals surface area contributed by atoms with Crippen LogP contribution in [0.2, 0.25) is 0 Å². The topological polar surface area (TPSA) is 89.5 Å². The number of ether oxygens (including phenoxy) is 6. The maximum atomic E-state index is 12.8. The Morgan fingerprint density at radius 2 is 0.816 bits per heavy atom. The highest BCUT2D eigenvalue weighted by Gasteiger charge is 2.14. The van der Waals surface area contributed by atoms with Crippen molar-refractivity contribution in [2.45, 2.75) is 19.8 Å². The lowest BCUT2D eigenvalue weighted by Gasteiger charge is -2.11. The molecule has 0 aliphatic carbocycles. The largest absolute Gasteiger partial charge is 0.493 e. The van der Waals surface area contributed by atoms with Crippen molar-refractivity contribution in [2.75, 3.05) is 26.4 Å². The zero-order valence-corrected chi connectivity index (χ0v) is 31.0. The Morgan fingerprint density at radius 1 is 0.469 bits per heavy atom. The molecule has 0 bridgehead atoms. The van der Waals surface area contributed by atoms with E-state index in [4.69, 9.17) is 28.4 Å². The summed E-state index contributed by atoms with van der Waals surface area (Å²) in [5.41, 5.74) is 1.40. The molecule has 0 heterocycles. The van der Waals surface area contributed by atoms with Crippen LogP contribution in [0.15, 0.2) is 115 Å². The Hall–Kier alpha value is -4.30. The minimum atomic E-state index is -0.512. The molecule has 0 saturated heterocycles. The minimum absolute atomic E-state index is 0.334. The van der Waals surface area contributed by atoms with Gasteiger partial charge < -0.3 is 28.4 Å². The van der Waals surface area contributed by atoms with E-state index in [1.54, 1.807) is 73.7 Å². The molecule has 8 nitrogen and oxygen atoms in total. The van der Waals surface area contributed by atoms with E-state index in [1.165, 1.54) is 0 Å². The fourth-order valence-corrected chi connectivity index (χ4v) is 5.16. The van der Waals surface area contributed by atoms with Gasteiger partial charge >= 0.3 is 11.9 Å². The first kappa shape index (κ1) is 36.0. The van der Waals surface area contributed by atoms with Gasteiger partial charge in [-0.3, -0.25) is 0 Å². The zero-order valence-electron chi connectivity index (χ0n) is 26.7. The molecule has 5 rings (SSSR count). The van der Waals surface area contributed by atoms with E-state index in [0.29, 0.717) is 79.0 Å². The number of hydrogen-bond donors (Lipinski definition) is 0. The van der Waals surface area contributed by atoms with E-state index in [9.17, 15) is 9.59 Å². The fraction of sp³-hybridized carbons (Fsp3) is 0.179. The van der Waals surface area contributed by atoms with Crippen LogP contribution in [-0.2, 0) is 0 Å². The third-order valence-corrected chi connectivity index (χ3v) is 8.46. The van der Waals surface area contributed by atoms with Crippen molar-refractivity contribution in [3.63, 3.8) is 0 Å². The number of benzene rings is 5. The quantitative estimate of drug-likeness (QED) is 0.0420. The summed E-state index contributed by atoms with van der Waals surface area (Å²) in [4.78, 5) is 25.5. The smallest absolute Gasteiger partial charge is 0.343 e. The van der Waals surface area contributed by atoms with Gasteiger partial charge in [-0.25, -0.2) is 9.59 Å². The van der Waals surface area contributed by atoms with Crippen LogP contribution in [0.4, 0.5) is 0 Å². The van der Waals surface area contributed by atoms with Gasteiger partial charge in [-0.05, 0) is 173 Å². The number of halogens is 2. The van der Waals surface area contributed by atoms with Crippen molar-refractivity contribution >= 4 is 57.1 Å². The summed E-state index contributed by atoms with van der Waals surface area (Å²) in [7, 11) is 0. The molecule has 0 saturated carbocycles. The van der Waals surface area contributed by atoms with E-state index in [0.717, 1.165) is 18.6 Å². The van der Waals surface area contributed by atoms with Crippen molar-refractivity contribution in [1.82, 2.24) is 0 Å². The molecule has 252 valence electrons. The summed E-state index contributed by atoms with van der Waals surface area (Å²) in [5.74, 6) is 2.63. The first-order chi connectivity index (χ1) is 23.8. The van der Waals surface area contributed by atoms with E-state index in [2.05, 4.69) is 45.2 Å². The average Bonchev–Trinajstić information content (AvgIpc) is 3.11. The van der Waals surface area contributed by atoms with Crippen molar-refractivity contribution in [1.29, 1.82) is 0 Å². The normalized spacial score (nSPS) is 10.6. The van der Waals surface area contributed by atoms with Gasteiger partial charge in [-0.15, -0.1) is 0 Å². The molecule has 5 aromatic rings. The van der Waals surface area contributed by atoms with E-state index in [-0.39, 0.29) is 0 Å². The number of rotatable bonds is 16.